The zero-order chi connectivity index (χ0) is 12.7. The molecule has 0 aliphatic carbocycles. The average Bonchev–Trinajstić information content (AvgIpc) is 2.39. The highest BCUT2D eigenvalue weighted by Crippen LogP contribution is 2.19. The Balaban J connectivity index is 2.99. The standard InChI is InChI=1S/C13H20N4/c1-4-6-9-17(11(3)5-2)13-12(10-14)7-8-15-16-13/h7-8,11H,4-6,9H2,1-3H3. The summed E-state index contributed by atoms with van der Waals surface area (Å²) in [5.41, 5.74) is 0.608. The topological polar surface area (TPSA) is 52.8 Å². The highest BCUT2D eigenvalue weighted by Gasteiger charge is 2.17. The molecule has 1 aromatic heterocycles. The SMILES string of the molecule is CCCCN(c1nnccc1C#N)C(C)CC. The van der Waals surface area contributed by atoms with E-state index in [1.54, 1.807) is 12.3 Å². The number of hydrogen-bond acceptors (Lipinski definition) is 4. The third-order valence-corrected chi connectivity index (χ3v) is 2.97. The predicted octanol–water partition coefficient (Wildman–Crippen LogP) is 2.75. The van der Waals surface area contributed by atoms with Gasteiger partial charge in [-0.2, -0.15) is 10.4 Å². The maximum atomic E-state index is 9.10. The lowest BCUT2D eigenvalue weighted by Crippen LogP contribution is -2.35. The maximum Gasteiger partial charge on any atom is 0.169 e. The fraction of sp³-hybridized carbons (Fsp3) is 0.615. The largest absolute Gasteiger partial charge is 0.351 e. The zero-order valence-electron chi connectivity index (χ0n) is 10.8. The summed E-state index contributed by atoms with van der Waals surface area (Å²) in [7, 11) is 0. The Morgan fingerprint density at radius 3 is 2.82 bits per heavy atom. The van der Waals surface area contributed by atoms with Gasteiger partial charge in [-0.25, -0.2) is 0 Å². The summed E-state index contributed by atoms with van der Waals surface area (Å²) in [5.74, 6) is 0.720. The molecule has 0 aromatic carbocycles. The Kier molecular flexibility index (Phi) is 5.41. The van der Waals surface area contributed by atoms with E-state index in [0.29, 0.717) is 11.6 Å². The summed E-state index contributed by atoms with van der Waals surface area (Å²) in [4.78, 5) is 2.19. The molecular formula is C13H20N4. The molecule has 1 heterocycles. The highest BCUT2D eigenvalue weighted by atomic mass is 15.3. The van der Waals surface area contributed by atoms with E-state index in [4.69, 9.17) is 5.26 Å². The Morgan fingerprint density at radius 1 is 1.47 bits per heavy atom. The molecule has 1 unspecified atom stereocenters. The van der Waals surface area contributed by atoms with Crippen molar-refractivity contribution in [3.63, 3.8) is 0 Å². The summed E-state index contributed by atoms with van der Waals surface area (Å²) in [5, 5.41) is 17.1. The lowest BCUT2D eigenvalue weighted by Gasteiger charge is -2.29. The van der Waals surface area contributed by atoms with E-state index in [1.807, 2.05) is 0 Å². The van der Waals surface area contributed by atoms with Gasteiger partial charge in [-0.1, -0.05) is 20.3 Å². The molecule has 4 heteroatoms. The first-order chi connectivity index (χ1) is 8.24. The van der Waals surface area contributed by atoms with Gasteiger partial charge in [0.15, 0.2) is 5.82 Å². The minimum atomic E-state index is 0.380. The highest BCUT2D eigenvalue weighted by molar-refractivity contribution is 5.53. The first-order valence-corrected chi connectivity index (χ1v) is 6.23. The van der Waals surface area contributed by atoms with Crippen LogP contribution in [-0.4, -0.2) is 22.8 Å². The second-order valence-electron chi connectivity index (χ2n) is 4.18. The minimum absolute atomic E-state index is 0.380. The van der Waals surface area contributed by atoms with Crippen LogP contribution in [-0.2, 0) is 0 Å². The summed E-state index contributed by atoms with van der Waals surface area (Å²) in [6.07, 6.45) is 4.84. The number of nitriles is 1. The van der Waals surface area contributed by atoms with Gasteiger partial charge in [0.1, 0.15) is 6.07 Å². The molecule has 92 valence electrons. The van der Waals surface area contributed by atoms with Crippen LogP contribution < -0.4 is 4.90 Å². The summed E-state index contributed by atoms with van der Waals surface area (Å²) >= 11 is 0. The fourth-order valence-corrected chi connectivity index (χ4v) is 1.71. The van der Waals surface area contributed by atoms with Crippen LogP contribution in [0.2, 0.25) is 0 Å². The minimum Gasteiger partial charge on any atom is -0.351 e. The van der Waals surface area contributed by atoms with E-state index in [0.717, 1.165) is 31.6 Å². The van der Waals surface area contributed by atoms with Gasteiger partial charge in [0.25, 0.3) is 0 Å². The fourth-order valence-electron chi connectivity index (χ4n) is 1.71. The van der Waals surface area contributed by atoms with Crippen LogP contribution in [0.15, 0.2) is 12.3 Å². The van der Waals surface area contributed by atoms with Gasteiger partial charge in [0.2, 0.25) is 0 Å². The normalized spacial score (nSPS) is 11.9. The van der Waals surface area contributed by atoms with Crippen molar-refractivity contribution in [3.05, 3.63) is 17.8 Å². The average molecular weight is 232 g/mol. The van der Waals surface area contributed by atoms with Crippen molar-refractivity contribution in [2.75, 3.05) is 11.4 Å². The number of anilines is 1. The Morgan fingerprint density at radius 2 is 2.24 bits per heavy atom. The molecular weight excluding hydrogens is 212 g/mol. The summed E-state index contributed by atoms with van der Waals surface area (Å²) in [6.45, 7) is 7.40. The quantitative estimate of drug-likeness (QED) is 0.756. The van der Waals surface area contributed by atoms with E-state index < -0.39 is 0 Å². The Hall–Kier alpha value is -1.63. The predicted molar refractivity (Wildman–Crippen MR) is 68.8 cm³/mol. The monoisotopic (exact) mass is 232 g/mol. The van der Waals surface area contributed by atoms with Crippen molar-refractivity contribution >= 4 is 5.82 Å². The van der Waals surface area contributed by atoms with Crippen molar-refractivity contribution in [3.8, 4) is 6.07 Å². The van der Waals surface area contributed by atoms with Crippen molar-refractivity contribution in [1.29, 1.82) is 5.26 Å². The third-order valence-electron chi connectivity index (χ3n) is 2.97. The number of aromatic nitrogens is 2. The van der Waals surface area contributed by atoms with Crippen LogP contribution in [0.5, 0.6) is 0 Å². The van der Waals surface area contributed by atoms with Crippen LogP contribution in [0.3, 0.4) is 0 Å². The zero-order valence-corrected chi connectivity index (χ0v) is 10.8. The van der Waals surface area contributed by atoms with Gasteiger partial charge < -0.3 is 4.90 Å². The maximum absolute atomic E-state index is 9.10. The van der Waals surface area contributed by atoms with Crippen molar-refractivity contribution in [2.24, 2.45) is 0 Å². The molecule has 0 amide bonds. The number of nitrogens with zero attached hydrogens (tertiary/aromatic N) is 4. The molecule has 1 atom stereocenters. The lowest BCUT2D eigenvalue weighted by molar-refractivity contribution is 0.586. The van der Waals surface area contributed by atoms with Crippen molar-refractivity contribution < 1.29 is 0 Å². The van der Waals surface area contributed by atoms with Crippen molar-refractivity contribution in [1.82, 2.24) is 10.2 Å². The van der Waals surface area contributed by atoms with Crippen LogP contribution in [0.25, 0.3) is 0 Å². The van der Waals surface area contributed by atoms with E-state index in [2.05, 4.69) is 41.9 Å². The summed E-state index contributed by atoms with van der Waals surface area (Å²) < 4.78 is 0. The second-order valence-corrected chi connectivity index (χ2v) is 4.18. The molecule has 0 saturated carbocycles. The smallest absolute Gasteiger partial charge is 0.169 e. The van der Waals surface area contributed by atoms with Gasteiger partial charge >= 0.3 is 0 Å². The molecule has 0 spiro atoms. The molecule has 0 aliphatic rings. The second kappa shape index (κ2) is 6.85. The lowest BCUT2D eigenvalue weighted by atomic mass is 10.1. The van der Waals surface area contributed by atoms with Gasteiger partial charge in [-0.05, 0) is 25.8 Å². The Labute approximate surface area is 103 Å². The van der Waals surface area contributed by atoms with Gasteiger partial charge in [-0.3, -0.25) is 0 Å². The third kappa shape index (κ3) is 3.42. The van der Waals surface area contributed by atoms with Crippen LogP contribution in [0, 0.1) is 11.3 Å². The van der Waals surface area contributed by atoms with E-state index in [1.165, 1.54) is 0 Å². The van der Waals surface area contributed by atoms with Crippen LogP contribution >= 0.6 is 0 Å². The molecule has 0 bridgehead atoms. The first kappa shape index (κ1) is 13.4. The van der Waals surface area contributed by atoms with Gasteiger partial charge in [0.05, 0.1) is 11.8 Å². The molecule has 4 nitrogen and oxygen atoms in total. The molecule has 0 saturated heterocycles. The van der Waals surface area contributed by atoms with E-state index in [9.17, 15) is 0 Å². The van der Waals surface area contributed by atoms with E-state index in [-0.39, 0.29) is 0 Å². The van der Waals surface area contributed by atoms with Crippen LogP contribution in [0.1, 0.15) is 45.6 Å². The number of hydrogen-bond donors (Lipinski definition) is 0. The molecule has 1 rings (SSSR count). The first-order valence-electron chi connectivity index (χ1n) is 6.23. The molecule has 17 heavy (non-hydrogen) atoms. The molecule has 1 aromatic rings. The molecule has 0 N–H and O–H groups in total. The molecule has 0 aliphatic heterocycles. The van der Waals surface area contributed by atoms with Gasteiger partial charge in [0, 0.05) is 12.6 Å². The number of unbranched alkanes of at least 4 members (excludes halogenated alkanes) is 1. The van der Waals surface area contributed by atoms with Crippen molar-refractivity contribution in [2.45, 2.75) is 46.1 Å². The Bertz CT molecular complexity index is 383. The van der Waals surface area contributed by atoms with Crippen LogP contribution in [0.4, 0.5) is 5.82 Å². The molecule has 0 radical (unpaired) electrons. The molecule has 0 fully saturated rings. The summed E-state index contributed by atoms with van der Waals surface area (Å²) in [6, 6.07) is 4.29. The number of rotatable bonds is 6. The van der Waals surface area contributed by atoms with Gasteiger partial charge in [-0.15, -0.1) is 5.10 Å². The van der Waals surface area contributed by atoms with E-state index >= 15 is 0 Å².